The van der Waals surface area contributed by atoms with E-state index >= 15 is 0 Å². The first kappa shape index (κ1) is 20.4. The maximum Gasteiger partial charge on any atom is 0.336 e. The van der Waals surface area contributed by atoms with Gasteiger partial charge in [-0.1, -0.05) is 54.6 Å². The number of hydrogen-bond acceptors (Lipinski definition) is 3. The van der Waals surface area contributed by atoms with Crippen molar-refractivity contribution < 1.29 is 14.6 Å². The molecule has 0 radical (unpaired) electrons. The molecule has 0 aliphatic heterocycles. The number of ether oxygens (including phenoxy) is 1. The second kappa shape index (κ2) is 8.76. The first-order valence-corrected chi connectivity index (χ1v) is 9.02. The number of fused-ring (bicyclic) bond motifs is 1. The van der Waals surface area contributed by atoms with Crippen molar-refractivity contribution in [2.45, 2.75) is 13.5 Å². The minimum atomic E-state index is -0.928. The van der Waals surface area contributed by atoms with E-state index in [1.807, 2.05) is 73.7 Å². The van der Waals surface area contributed by atoms with E-state index < -0.39 is 5.97 Å². The molecule has 0 saturated carbocycles. The van der Waals surface area contributed by atoms with Crippen molar-refractivity contribution in [3.63, 3.8) is 0 Å². The van der Waals surface area contributed by atoms with Gasteiger partial charge in [-0.05, 0) is 41.8 Å². The van der Waals surface area contributed by atoms with Crippen LogP contribution in [0.3, 0.4) is 0 Å². The van der Waals surface area contributed by atoms with E-state index in [1.54, 1.807) is 12.1 Å². The van der Waals surface area contributed by atoms with Gasteiger partial charge in [-0.3, -0.25) is 4.98 Å². The van der Waals surface area contributed by atoms with Crippen LogP contribution in [-0.4, -0.2) is 16.1 Å². The third-order valence-electron chi connectivity index (χ3n) is 4.62. The number of carboxylic acids is 1. The summed E-state index contributed by atoms with van der Waals surface area (Å²) >= 11 is 0. The van der Waals surface area contributed by atoms with E-state index in [2.05, 4.69) is 4.98 Å². The normalized spacial score (nSPS) is 10.4. The van der Waals surface area contributed by atoms with Gasteiger partial charge in [-0.25, -0.2) is 4.79 Å². The molecule has 0 unspecified atom stereocenters. The van der Waals surface area contributed by atoms with Crippen molar-refractivity contribution in [1.29, 1.82) is 0 Å². The third-order valence-corrected chi connectivity index (χ3v) is 4.62. The molecule has 0 spiro atoms. The van der Waals surface area contributed by atoms with Crippen LogP contribution in [0.1, 0.15) is 21.6 Å². The molecule has 146 valence electrons. The van der Waals surface area contributed by atoms with E-state index in [4.69, 9.17) is 4.74 Å². The second-order valence-corrected chi connectivity index (χ2v) is 6.62. The Hall–Kier alpha value is -3.37. The predicted octanol–water partition coefficient (Wildman–Crippen LogP) is 5.91. The van der Waals surface area contributed by atoms with Crippen LogP contribution >= 0.6 is 12.4 Å². The SMILES string of the molecule is Cc1cc(OCc2ccc(-c3ccccc3C(=O)O)cc2)c2ccccc2n1.Cl. The number of rotatable bonds is 5. The summed E-state index contributed by atoms with van der Waals surface area (Å²) in [6.45, 7) is 2.38. The van der Waals surface area contributed by atoms with Gasteiger partial charge in [0.1, 0.15) is 12.4 Å². The predicted molar refractivity (Wildman–Crippen MR) is 117 cm³/mol. The molecule has 1 aromatic heterocycles. The first-order valence-electron chi connectivity index (χ1n) is 9.02. The number of nitrogens with zero attached hydrogens (tertiary/aromatic N) is 1. The quantitative estimate of drug-likeness (QED) is 0.448. The van der Waals surface area contributed by atoms with Crippen molar-refractivity contribution >= 4 is 29.3 Å². The fourth-order valence-corrected chi connectivity index (χ4v) is 3.25. The molecule has 1 heterocycles. The number of halogens is 1. The number of aryl methyl sites for hydroxylation is 1. The maximum atomic E-state index is 11.4. The Bertz CT molecular complexity index is 1160. The van der Waals surface area contributed by atoms with Gasteiger partial charge >= 0.3 is 5.97 Å². The van der Waals surface area contributed by atoms with Crippen LogP contribution in [-0.2, 0) is 6.61 Å². The minimum Gasteiger partial charge on any atom is -0.488 e. The van der Waals surface area contributed by atoms with Gasteiger partial charge < -0.3 is 9.84 Å². The van der Waals surface area contributed by atoms with Crippen molar-refractivity contribution in [3.8, 4) is 16.9 Å². The molecule has 4 aromatic rings. The Morgan fingerprint density at radius 3 is 2.41 bits per heavy atom. The lowest BCUT2D eigenvalue weighted by Crippen LogP contribution is -2.00. The number of hydrogen-bond donors (Lipinski definition) is 1. The Kier molecular flexibility index (Phi) is 6.15. The third kappa shape index (κ3) is 4.39. The summed E-state index contributed by atoms with van der Waals surface area (Å²) in [7, 11) is 0. The number of para-hydroxylation sites is 1. The molecule has 1 N–H and O–H groups in total. The molecule has 0 amide bonds. The summed E-state index contributed by atoms with van der Waals surface area (Å²) < 4.78 is 6.06. The largest absolute Gasteiger partial charge is 0.488 e. The lowest BCUT2D eigenvalue weighted by Gasteiger charge is -2.11. The van der Waals surface area contributed by atoms with Crippen LogP contribution in [0.2, 0.25) is 0 Å². The summed E-state index contributed by atoms with van der Waals surface area (Å²) in [5.41, 5.74) is 4.71. The highest BCUT2D eigenvalue weighted by Crippen LogP contribution is 2.27. The summed E-state index contributed by atoms with van der Waals surface area (Å²) in [6, 6.07) is 24.7. The highest BCUT2D eigenvalue weighted by Gasteiger charge is 2.11. The molecule has 4 nitrogen and oxygen atoms in total. The zero-order valence-corrected chi connectivity index (χ0v) is 16.6. The van der Waals surface area contributed by atoms with Gasteiger partial charge in [0.2, 0.25) is 0 Å². The lowest BCUT2D eigenvalue weighted by molar-refractivity contribution is 0.0697. The Morgan fingerprint density at radius 2 is 1.66 bits per heavy atom. The molecule has 3 aromatic carbocycles. The smallest absolute Gasteiger partial charge is 0.336 e. The van der Waals surface area contributed by atoms with Crippen molar-refractivity contribution in [3.05, 3.63) is 95.7 Å². The number of carbonyl (C=O) groups is 1. The number of carboxylic acid groups (broad SMARTS) is 1. The van der Waals surface area contributed by atoms with Crippen molar-refractivity contribution in [1.82, 2.24) is 4.98 Å². The van der Waals surface area contributed by atoms with Crippen molar-refractivity contribution in [2.75, 3.05) is 0 Å². The molecule has 4 rings (SSSR count). The van der Waals surface area contributed by atoms with Gasteiger partial charge in [0.05, 0.1) is 11.1 Å². The molecular weight excluding hydrogens is 386 g/mol. The molecule has 0 fully saturated rings. The lowest BCUT2D eigenvalue weighted by atomic mass is 9.99. The van der Waals surface area contributed by atoms with Gasteiger partial charge in [0.25, 0.3) is 0 Å². The Balaban J connectivity index is 0.00000240. The monoisotopic (exact) mass is 405 g/mol. The average Bonchev–Trinajstić information content (AvgIpc) is 2.72. The van der Waals surface area contributed by atoms with E-state index in [1.165, 1.54) is 0 Å². The van der Waals surface area contributed by atoms with Gasteiger partial charge in [0, 0.05) is 17.1 Å². The van der Waals surface area contributed by atoms with E-state index in [9.17, 15) is 9.90 Å². The van der Waals surface area contributed by atoms with E-state index in [-0.39, 0.29) is 12.4 Å². The van der Waals surface area contributed by atoms with Gasteiger partial charge in [0.15, 0.2) is 0 Å². The minimum absolute atomic E-state index is 0. The summed E-state index contributed by atoms with van der Waals surface area (Å²) in [6.07, 6.45) is 0. The first-order chi connectivity index (χ1) is 13.6. The van der Waals surface area contributed by atoms with Crippen molar-refractivity contribution in [2.24, 2.45) is 0 Å². The fourth-order valence-electron chi connectivity index (χ4n) is 3.25. The molecule has 0 atom stereocenters. The number of aromatic carboxylic acids is 1. The molecule has 0 bridgehead atoms. The second-order valence-electron chi connectivity index (χ2n) is 6.62. The topological polar surface area (TPSA) is 59.4 Å². The molecule has 0 aliphatic rings. The molecular formula is C24H20ClNO3. The summed E-state index contributed by atoms with van der Waals surface area (Å²) in [5, 5.41) is 10.4. The Morgan fingerprint density at radius 1 is 0.966 bits per heavy atom. The van der Waals surface area contributed by atoms with E-state index in [0.29, 0.717) is 17.7 Å². The number of aromatic nitrogens is 1. The summed E-state index contributed by atoms with van der Waals surface area (Å²) in [4.78, 5) is 16.0. The molecule has 0 saturated heterocycles. The van der Waals surface area contributed by atoms with Crippen LogP contribution in [0.15, 0.2) is 78.9 Å². The van der Waals surface area contributed by atoms with Crippen LogP contribution in [0.5, 0.6) is 5.75 Å². The zero-order valence-electron chi connectivity index (χ0n) is 15.8. The molecule has 29 heavy (non-hydrogen) atoms. The highest BCUT2D eigenvalue weighted by molar-refractivity contribution is 5.96. The molecule has 0 aliphatic carbocycles. The number of benzene rings is 3. The summed E-state index contributed by atoms with van der Waals surface area (Å²) in [5.74, 6) is -0.119. The van der Waals surface area contributed by atoms with Gasteiger partial charge in [-0.15, -0.1) is 12.4 Å². The van der Waals surface area contributed by atoms with Crippen LogP contribution in [0.4, 0.5) is 0 Å². The standard InChI is InChI=1S/C24H19NO3.ClH/c1-16-14-23(21-8-4-5-9-22(21)25-16)28-15-17-10-12-18(13-11-17)19-6-2-3-7-20(19)24(26)27;/h2-14H,15H2,1H3,(H,26,27);1H. The zero-order chi connectivity index (χ0) is 19.5. The van der Waals surface area contributed by atoms with Crippen LogP contribution in [0, 0.1) is 6.92 Å². The van der Waals surface area contributed by atoms with Crippen LogP contribution in [0.25, 0.3) is 22.0 Å². The van der Waals surface area contributed by atoms with Crippen LogP contribution < -0.4 is 4.74 Å². The fraction of sp³-hybridized carbons (Fsp3) is 0.0833. The Labute approximate surface area is 175 Å². The average molecular weight is 406 g/mol. The molecule has 5 heteroatoms. The number of pyridine rings is 1. The highest BCUT2D eigenvalue weighted by atomic mass is 35.5. The maximum absolute atomic E-state index is 11.4. The van der Waals surface area contributed by atoms with E-state index in [0.717, 1.165) is 33.5 Å². The van der Waals surface area contributed by atoms with Gasteiger partial charge in [-0.2, -0.15) is 0 Å².